The first-order chi connectivity index (χ1) is 12.7. The zero-order chi connectivity index (χ0) is 17.9. The van der Waals surface area contributed by atoms with Crippen LogP contribution in [0.5, 0.6) is 0 Å². The number of carbonyl (C=O) groups is 1. The van der Waals surface area contributed by atoms with E-state index in [1.165, 1.54) is 0 Å². The van der Waals surface area contributed by atoms with Crippen LogP contribution in [0.1, 0.15) is 15.4 Å². The highest BCUT2D eigenvalue weighted by molar-refractivity contribution is 7.14. The highest BCUT2D eigenvalue weighted by Crippen LogP contribution is 2.28. The average Bonchev–Trinajstić information content (AvgIpc) is 3.15. The molecule has 26 heavy (non-hydrogen) atoms. The highest BCUT2D eigenvalue weighted by atomic mass is 32.1. The monoisotopic (exact) mass is 364 g/mol. The number of piperazine rings is 1. The van der Waals surface area contributed by atoms with Crippen molar-refractivity contribution >= 4 is 17.2 Å². The minimum absolute atomic E-state index is 0.108. The van der Waals surface area contributed by atoms with Crippen LogP contribution in [0, 0.1) is 6.92 Å². The minimum Gasteiger partial charge on any atom is -0.336 e. The predicted molar refractivity (Wildman–Crippen MR) is 104 cm³/mol. The second kappa shape index (κ2) is 7.35. The number of nitrogens with one attached hydrogen (secondary N) is 1. The van der Waals surface area contributed by atoms with E-state index in [0.717, 1.165) is 58.4 Å². The highest BCUT2D eigenvalue weighted by Gasteiger charge is 2.17. The molecule has 1 aliphatic heterocycles. The van der Waals surface area contributed by atoms with Gasteiger partial charge in [0.2, 0.25) is 0 Å². The SMILES string of the molecule is Cc1nnc(-c2cccc(-c3ccc(C(=O)N4CCNCC4)cc3)c2)s1. The van der Waals surface area contributed by atoms with Gasteiger partial charge in [0.25, 0.3) is 5.91 Å². The van der Waals surface area contributed by atoms with Crippen LogP contribution in [0.25, 0.3) is 21.7 Å². The van der Waals surface area contributed by atoms with Crippen molar-refractivity contribution in [1.82, 2.24) is 20.4 Å². The zero-order valence-corrected chi connectivity index (χ0v) is 15.4. The van der Waals surface area contributed by atoms with E-state index < -0.39 is 0 Å². The lowest BCUT2D eigenvalue weighted by Crippen LogP contribution is -2.46. The van der Waals surface area contributed by atoms with Crippen molar-refractivity contribution in [2.24, 2.45) is 0 Å². The number of amides is 1. The Labute approximate surface area is 156 Å². The molecule has 0 bridgehead atoms. The summed E-state index contributed by atoms with van der Waals surface area (Å²) in [4.78, 5) is 14.5. The van der Waals surface area contributed by atoms with Gasteiger partial charge in [0, 0.05) is 37.3 Å². The lowest BCUT2D eigenvalue weighted by molar-refractivity contribution is 0.0736. The molecule has 1 amide bonds. The fraction of sp³-hybridized carbons (Fsp3) is 0.250. The molecule has 2 aromatic carbocycles. The van der Waals surface area contributed by atoms with Gasteiger partial charge in [0.1, 0.15) is 10.0 Å². The topological polar surface area (TPSA) is 58.1 Å². The maximum atomic E-state index is 12.6. The largest absolute Gasteiger partial charge is 0.336 e. The third-order valence-electron chi connectivity index (χ3n) is 4.50. The van der Waals surface area contributed by atoms with Crippen molar-refractivity contribution in [3.63, 3.8) is 0 Å². The Morgan fingerprint density at radius 2 is 1.73 bits per heavy atom. The molecule has 6 heteroatoms. The summed E-state index contributed by atoms with van der Waals surface area (Å²) >= 11 is 1.59. The smallest absolute Gasteiger partial charge is 0.253 e. The molecule has 0 atom stereocenters. The summed E-state index contributed by atoms with van der Waals surface area (Å²) in [6, 6.07) is 16.1. The molecule has 0 aliphatic carbocycles. The number of aryl methyl sites for hydroxylation is 1. The van der Waals surface area contributed by atoms with Crippen LogP contribution in [0.15, 0.2) is 48.5 Å². The van der Waals surface area contributed by atoms with E-state index in [1.54, 1.807) is 11.3 Å². The van der Waals surface area contributed by atoms with Gasteiger partial charge in [0.15, 0.2) is 0 Å². The number of nitrogens with zero attached hydrogens (tertiary/aromatic N) is 3. The fourth-order valence-corrected chi connectivity index (χ4v) is 3.79. The zero-order valence-electron chi connectivity index (χ0n) is 14.6. The maximum absolute atomic E-state index is 12.6. The molecule has 132 valence electrons. The summed E-state index contributed by atoms with van der Waals surface area (Å²) < 4.78 is 0. The second-order valence-electron chi connectivity index (χ2n) is 6.33. The van der Waals surface area contributed by atoms with Crippen molar-refractivity contribution in [3.05, 3.63) is 59.1 Å². The van der Waals surface area contributed by atoms with Crippen molar-refractivity contribution in [1.29, 1.82) is 0 Å². The minimum atomic E-state index is 0.108. The van der Waals surface area contributed by atoms with Gasteiger partial charge in [-0.25, -0.2) is 0 Å². The molecule has 1 aromatic heterocycles. The van der Waals surface area contributed by atoms with Gasteiger partial charge in [-0.05, 0) is 36.2 Å². The van der Waals surface area contributed by atoms with Crippen molar-refractivity contribution in [3.8, 4) is 21.7 Å². The summed E-state index contributed by atoms with van der Waals surface area (Å²) in [5, 5.41) is 13.5. The fourth-order valence-electron chi connectivity index (χ4n) is 3.10. The Morgan fingerprint density at radius 1 is 1.00 bits per heavy atom. The molecule has 0 saturated carbocycles. The van der Waals surface area contributed by atoms with Crippen LogP contribution < -0.4 is 5.32 Å². The molecule has 2 heterocycles. The molecule has 1 fully saturated rings. The quantitative estimate of drug-likeness (QED) is 0.775. The van der Waals surface area contributed by atoms with Crippen LogP contribution in [-0.4, -0.2) is 47.2 Å². The van der Waals surface area contributed by atoms with Gasteiger partial charge >= 0.3 is 0 Å². The third-order valence-corrected chi connectivity index (χ3v) is 5.39. The Bertz CT molecular complexity index is 914. The molecular weight excluding hydrogens is 344 g/mol. The molecule has 1 aliphatic rings. The number of carbonyl (C=O) groups excluding carboxylic acids is 1. The predicted octanol–water partition coefficient (Wildman–Crippen LogP) is 3.23. The molecule has 1 saturated heterocycles. The van der Waals surface area contributed by atoms with E-state index in [1.807, 2.05) is 48.2 Å². The normalized spacial score (nSPS) is 14.4. The van der Waals surface area contributed by atoms with Gasteiger partial charge in [0.05, 0.1) is 0 Å². The Kier molecular flexibility index (Phi) is 4.77. The Balaban J connectivity index is 1.56. The van der Waals surface area contributed by atoms with Gasteiger partial charge in [-0.2, -0.15) is 0 Å². The number of aromatic nitrogens is 2. The summed E-state index contributed by atoms with van der Waals surface area (Å²) in [6.45, 7) is 5.22. The molecule has 5 nitrogen and oxygen atoms in total. The van der Waals surface area contributed by atoms with E-state index >= 15 is 0 Å². The molecule has 3 aromatic rings. The van der Waals surface area contributed by atoms with E-state index in [4.69, 9.17) is 0 Å². The number of rotatable bonds is 3. The Morgan fingerprint density at radius 3 is 2.42 bits per heavy atom. The van der Waals surface area contributed by atoms with E-state index in [9.17, 15) is 4.79 Å². The van der Waals surface area contributed by atoms with Crippen molar-refractivity contribution in [2.45, 2.75) is 6.92 Å². The van der Waals surface area contributed by atoms with Crippen molar-refractivity contribution in [2.75, 3.05) is 26.2 Å². The molecule has 0 spiro atoms. The van der Waals surface area contributed by atoms with Gasteiger partial charge in [-0.3, -0.25) is 4.79 Å². The lowest BCUT2D eigenvalue weighted by atomic mass is 10.0. The van der Waals surface area contributed by atoms with Gasteiger partial charge < -0.3 is 10.2 Å². The number of hydrogen-bond donors (Lipinski definition) is 1. The van der Waals surface area contributed by atoms with E-state index in [0.29, 0.717) is 0 Å². The maximum Gasteiger partial charge on any atom is 0.253 e. The van der Waals surface area contributed by atoms with E-state index in [-0.39, 0.29) is 5.91 Å². The number of benzene rings is 2. The van der Waals surface area contributed by atoms with Crippen LogP contribution >= 0.6 is 11.3 Å². The van der Waals surface area contributed by atoms with Crippen LogP contribution in [-0.2, 0) is 0 Å². The number of hydrogen-bond acceptors (Lipinski definition) is 5. The molecular formula is C20H20N4OS. The van der Waals surface area contributed by atoms with Crippen molar-refractivity contribution < 1.29 is 4.79 Å². The summed E-state index contributed by atoms with van der Waals surface area (Å²) in [6.07, 6.45) is 0. The standard InChI is InChI=1S/C20H20N4OS/c1-14-22-23-19(26-14)18-4-2-3-17(13-18)15-5-7-16(8-6-15)20(25)24-11-9-21-10-12-24/h2-8,13,21H,9-12H2,1H3. The summed E-state index contributed by atoms with van der Waals surface area (Å²) in [5.74, 6) is 0.108. The first-order valence-electron chi connectivity index (χ1n) is 8.72. The molecule has 0 unspecified atom stereocenters. The first-order valence-corrected chi connectivity index (χ1v) is 9.53. The van der Waals surface area contributed by atoms with Gasteiger partial charge in [-0.1, -0.05) is 41.7 Å². The lowest BCUT2D eigenvalue weighted by Gasteiger charge is -2.27. The summed E-state index contributed by atoms with van der Waals surface area (Å²) in [7, 11) is 0. The van der Waals surface area contributed by atoms with E-state index in [2.05, 4.69) is 27.6 Å². The first kappa shape index (κ1) is 16.9. The average molecular weight is 364 g/mol. The van der Waals surface area contributed by atoms with Crippen LogP contribution in [0.2, 0.25) is 0 Å². The second-order valence-corrected chi connectivity index (χ2v) is 7.51. The molecule has 0 radical (unpaired) electrons. The molecule has 4 rings (SSSR count). The third kappa shape index (κ3) is 3.52. The Hall–Kier alpha value is -2.57. The summed E-state index contributed by atoms with van der Waals surface area (Å²) in [5.41, 5.74) is 4.00. The van der Waals surface area contributed by atoms with Gasteiger partial charge in [-0.15, -0.1) is 10.2 Å². The van der Waals surface area contributed by atoms with Crippen LogP contribution in [0.3, 0.4) is 0 Å². The molecule has 1 N–H and O–H groups in total. The van der Waals surface area contributed by atoms with Crippen LogP contribution in [0.4, 0.5) is 0 Å².